The lowest BCUT2D eigenvalue weighted by Gasteiger charge is -2.18. The van der Waals surface area contributed by atoms with Gasteiger partial charge in [0.25, 0.3) is 0 Å². The monoisotopic (exact) mass is 401 g/mol. The summed E-state index contributed by atoms with van der Waals surface area (Å²) in [5.74, 6) is -1.46. The van der Waals surface area contributed by atoms with Gasteiger partial charge in [-0.05, 0) is 42.2 Å². The second-order valence-electron chi connectivity index (χ2n) is 6.66. The van der Waals surface area contributed by atoms with Crippen molar-refractivity contribution in [3.05, 3.63) is 65.2 Å². The number of rotatable bonds is 7. The Morgan fingerprint density at radius 2 is 2.11 bits per heavy atom. The van der Waals surface area contributed by atoms with Crippen LogP contribution in [0.3, 0.4) is 0 Å². The fraction of sp³-hybridized carbons (Fsp3) is 0.238. The van der Waals surface area contributed by atoms with E-state index in [1.54, 1.807) is 16.9 Å². The maximum absolute atomic E-state index is 13.9. The number of carboxylic acid groups (broad SMARTS) is 1. The number of nitrogens with zero attached hydrogens (tertiary/aromatic N) is 2. The minimum atomic E-state index is -0.836. The second kappa shape index (κ2) is 8.44. The summed E-state index contributed by atoms with van der Waals surface area (Å²) in [4.78, 5) is 11.2. The molecule has 1 aromatic heterocycles. The zero-order valence-corrected chi connectivity index (χ0v) is 16.4. The average molecular weight is 402 g/mol. The highest BCUT2D eigenvalue weighted by molar-refractivity contribution is 6.30. The van der Waals surface area contributed by atoms with Crippen LogP contribution in [0.5, 0.6) is 0 Å². The van der Waals surface area contributed by atoms with E-state index < -0.39 is 11.8 Å². The Hall–Kier alpha value is -2.86. The number of aromatic nitrogens is 2. The molecule has 0 amide bonds. The molecule has 7 heteroatoms. The van der Waals surface area contributed by atoms with Gasteiger partial charge in [-0.25, -0.2) is 4.39 Å². The molecule has 28 heavy (non-hydrogen) atoms. The van der Waals surface area contributed by atoms with Crippen molar-refractivity contribution < 1.29 is 14.3 Å². The van der Waals surface area contributed by atoms with Gasteiger partial charge < -0.3 is 10.4 Å². The van der Waals surface area contributed by atoms with E-state index in [-0.39, 0.29) is 17.4 Å². The molecule has 3 aromatic rings. The third kappa shape index (κ3) is 4.51. The van der Waals surface area contributed by atoms with Gasteiger partial charge in [-0.15, -0.1) is 0 Å². The Kier molecular flexibility index (Phi) is 5.99. The molecule has 0 aliphatic rings. The number of halogens is 2. The number of anilines is 2. The van der Waals surface area contributed by atoms with Crippen molar-refractivity contribution in [2.45, 2.75) is 25.7 Å². The molecule has 0 fully saturated rings. The van der Waals surface area contributed by atoms with Crippen LogP contribution in [0.1, 0.15) is 31.2 Å². The molecule has 0 saturated carbocycles. The van der Waals surface area contributed by atoms with Crippen molar-refractivity contribution in [2.75, 3.05) is 5.32 Å². The fourth-order valence-electron chi connectivity index (χ4n) is 3.17. The number of carbonyl (C=O) groups is 1. The van der Waals surface area contributed by atoms with Crippen LogP contribution in [-0.4, -0.2) is 20.9 Å². The van der Waals surface area contributed by atoms with Crippen LogP contribution in [0.15, 0.2) is 48.8 Å². The Labute approximate surface area is 167 Å². The van der Waals surface area contributed by atoms with Crippen molar-refractivity contribution in [1.29, 1.82) is 0 Å². The predicted molar refractivity (Wildman–Crippen MR) is 109 cm³/mol. The minimum Gasteiger partial charge on any atom is -0.481 e. The smallest absolute Gasteiger partial charge is 0.303 e. The lowest BCUT2D eigenvalue weighted by atomic mass is 9.91. The highest BCUT2D eigenvalue weighted by Crippen LogP contribution is 2.35. The van der Waals surface area contributed by atoms with Crippen LogP contribution < -0.4 is 5.32 Å². The molecular weight excluding hydrogens is 381 g/mol. The van der Waals surface area contributed by atoms with E-state index in [0.29, 0.717) is 12.1 Å². The molecule has 0 bridgehead atoms. The van der Waals surface area contributed by atoms with E-state index in [9.17, 15) is 14.3 Å². The molecule has 146 valence electrons. The van der Waals surface area contributed by atoms with Crippen molar-refractivity contribution >= 4 is 28.9 Å². The van der Waals surface area contributed by atoms with Crippen LogP contribution in [0.2, 0.25) is 5.02 Å². The maximum atomic E-state index is 13.9. The second-order valence-corrected chi connectivity index (χ2v) is 7.07. The number of hydrogen-bond acceptors (Lipinski definition) is 3. The van der Waals surface area contributed by atoms with E-state index in [0.717, 1.165) is 22.4 Å². The van der Waals surface area contributed by atoms with E-state index in [1.165, 1.54) is 12.1 Å². The average Bonchev–Trinajstić information content (AvgIpc) is 3.08. The standard InChI is InChI=1S/C21H21ClFN3O2/c1-3-13(9-21(27)28)14-4-6-17(15-11-24-26(2)12-15)20(8-14)25-16-5-7-18(22)19(23)10-16/h4-8,10-13,25H,3,9H2,1-2H3,(H,27,28). The van der Waals surface area contributed by atoms with E-state index in [4.69, 9.17) is 11.6 Å². The zero-order valence-electron chi connectivity index (χ0n) is 15.6. The summed E-state index contributed by atoms with van der Waals surface area (Å²) < 4.78 is 15.6. The first kappa shape index (κ1) is 19.9. The number of nitrogens with one attached hydrogen (secondary N) is 1. The van der Waals surface area contributed by atoms with Crippen molar-refractivity contribution in [3.63, 3.8) is 0 Å². The van der Waals surface area contributed by atoms with Crippen LogP contribution in [0.25, 0.3) is 11.1 Å². The summed E-state index contributed by atoms with van der Waals surface area (Å²) in [6, 6.07) is 10.3. The molecule has 0 radical (unpaired) electrons. The molecule has 3 rings (SSSR count). The van der Waals surface area contributed by atoms with Crippen molar-refractivity contribution in [2.24, 2.45) is 7.05 Å². The summed E-state index contributed by atoms with van der Waals surface area (Å²) >= 11 is 5.78. The first-order valence-electron chi connectivity index (χ1n) is 8.94. The number of hydrogen-bond donors (Lipinski definition) is 2. The molecule has 2 N–H and O–H groups in total. The van der Waals surface area contributed by atoms with E-state index in [1.807, 2.05) is 38.4 Å². The highest BCUT2D eigenvalue weighted by Gasteiger charge is 2.17. The summed E-state index contributed by atoms with van der Waals surface area (Å²) in [6.07, 6.45) is 4.39. The van der Waals surface area contributed by atoms with Gasteiger partial charge >= 0.3 is 5.97 Å². The van der Waals surface area contributed by atoms with Gasteiger partial charge in [0.05, 0.1) is 17.6 Å². The molecule has 0 aliphatic heterocycles. The summed E-state index contributed by atoms with van der Waals surface area (Å²) in [7, 11) is 1.83. The molecule has 0 aliphatic carbocycles. The number of benzene rings is 2. The molecule has 2 aromatic carbocycles. The van der Waals surface area contributed by atoms with Gasteiger partial charge in [-0.2, -0.15) is 5.10 Å². The van der Waals surface area contributed by atoms with E-state index >= 15 is 0 Å². The van der Waals surface area contributed by atoms with Gasteiger partial charge in [0.15, 0.2) is 0 Å². The van der Waals surface area contributed by atoms with Gasteiger partial charge in [-0.3, -0.25) is 9.48 Å². The van der Waals surface area contributed by atoms with Gasteiger partial charge in [-0.1, -0.05) is 30.7 Å². The number of aryl methyl sites for hydroxylation is 1. The molecule has 1 heterocycles. The summed E-state index contributed by atoms with van der Waals surface area (Å²) in [5, 5.41) is 16.7. The quantitative estimate of drug-likeness (QED) is 0.541. The fourth-order valence-corrected chi connectivity index (χ4v) is 3.29. The van der Waals surface area contributed by atoms with Crippen molar-refractivity contribution in [3.8, 4) is 11.1 Å². The Morgan fingerprint density at radius 3 is 2.71 bits per heavy atom. The predicted octanol–water partition coefficient (Wildman–Crippen LogP) is 5.59. The first-order valence-corrected chi connectivity index (χ1v) is 9.32. The Morgan fingerprint density at radius 1 is 1.32 bits per heavy atom. The third-order valence-electron chi connectivity index (χ3n) is 4.64. The molecule has 1 unspecified atom stereocenters. The van der Waals surface area contributed by atoms with Gasteiger partial charge in [0, 0.05) is 35.7 Å². The van der Waals surface area contributed by atoms with Crippen LogP contribution in [-0.2, 0) is 11.8 Å². The lowest BCUT2D eigenvalue weighted by Crippen LogP contribution is -2.06. The van der Waals surface area contributed by atoms with E-state index in [2.05, 4.69) is 10.4 Å². The first-order chi connectivity index (χ1) is 13.4. The Balaban J connectivity index is 2.04. The molecule has 5 nitrogen and oxygen atoms in total. The normalized spacial score (nSPS) is 12.0. The molecular formula is C21H21ClFN3O2. The molecule has 0 spiro atoms. The highest BCUT2D eigenvalue weighted by atomic mass is 35.5. The summed E-state index contributed by atoms with van der Waals surface area (Å²) in [5.41, 5.74) is 4.00. The Bertz CT molecular complexity index is 1000. The van der Waals surface area contributed by atoms with Crippen LogP contribution in [0.4, 0.5) is 15.8 Å². The van der Waals surface area contributed by atoms with Crippen LogP contribution >= 0.6 is 11.6 Å². The van der Waals surface area contributed by atoms with Crippen LogP contribution in [0, 0.1) is 5.82 Å². The topological polar surface area (TPSA) is 67.1 Å². The minimum absolute atomic E-state index is 0.0533. The SMILES string of the molecule is CCC(CC(=O)O)c1ccc(-c2cnn(C)c2)c(Nc2ccc(Cl)c(F)c2)c1. The maximum Gasteiger partial charge on any atom is 0.303 e. The largest absolute Gasteiger partial charge is 0.481 e. The van der Waals surface area contributed by atoms with Crippen molar-refractivity contribution in [1.82, 2.24) is 9.78 Å². The molecule has 0 saturated heterocycles. The summed E-state index contributed by atoms with van der Waals surface area (Å²) in [6.45, 7) is 1.96. The number of carboxylic acids is 1. The third-order valence-corrected chi connectivity index (χ3v) is 4.95. The number of aliphatic carboxylic acids is 1. The van der Waals surface area contributed by atoms with Gasteiger partial charge in [0.1, 0.15) is 5.82 Å². The lowest BCUT2D eigenvalue weighted by molar-refractivity contribution is -0.137. The van der Waals surface area contributed by atoms with Gasteiger partial charge in [0.2, 0.25) is 0 Å². The zero-order chi connectivity index (χ0) is 20.3. The molecule has 1 atom stereocenters.